The maximum Gasteiger partial charge on any atom is 0.238 e. The molecule has 3 rings (SSSR count). The first-order valence-corrected chi connectivity index (χ1v) is 7.85. The molecule has 0 bridgehead atoms. The first kappa shape index (κ1) is 14.2. The summed E-state index contributed by atoms with van der Waals surface area (Å²) in [5.74, 6) is 0.0154. The average Bonchev–Trinajstić information content (AvgIpc) is 3.03. The predicted molar refractivity (Wildman–Crippen MR) is 81.1 cm³/mol. The van der Waals surface area contributed by atoms with Crippen molar-refractivity contribution in [3.05, 3.63) is 33.3 Å². The summed E-state index contributed by atoms with van der Waals surface area (Å²) in [5, 5.41) is 7.34. The molecule has 3 N–H and O–H groups in total. The summed E-state index contributed by atoms with van der Waals surface area (Å²) >= 11 is 1.64. The van der Waals surface area contributed by atoms with Gasteiger partial charge in [0.2, 0.25) is 5.91 Å². The monoisotopic (exact) mass is 305 g/mol. The molecule has 1 aliphatic heterocycles. The van der Waals surface area contributed by atoms with Gasteiger partial charge in [0.1, 0.15) is 0 Å². The van der Waals surface area contributed by atoms with Crippen molar-refractivity contribution in [2.24, 2.45) is 0 Å². The predicted octanol–water partition coefficient (Wildman–Crippen LogP) is 1.37. The zero-order valence-corrected chi connectivity index (χ0v) is 13.2. The highest BCUT2D eigenvalue weighted by Crippen LogP contribution is 2.24. The number of rotatable bonds is 3. The lowest BCUT2D eigenvalue weighted by Gasteiger charge is -2.24. The molecule has 1 aliphatic rings. The zero-order chi connectivity index (χ0) is 15.0. The minimum absolute atomic E-state index is 0.0154. The van der Waals surface area contributed by atoms with Gasteiger partial charge in [-0.3, -0.25) is 10.1 Å². The minimum atomic E-state index is -0.224. The largest absolute Gasteiger partial charge is 0.347 e. The molecule has 3 heterocycles. The van der Waals surface area contributed by atoms with E-state index in [0.29, 0.717) is 13.0 Å². The van der Waals surface area contributed by atoms with Crippen LogP contribution in [0.1, 0.15) is 39.9 Å². The van der Waals surface area contributed by atoms with E-state index in [1.54, 1.807) is 17.7 Å². The van der Waals surface area contributed by atoms with Crippen LogP contribution in [0, 0.1) is 13.8 Å². The van der Waals surface area contributed by atoms with Crippen LogP contribution >= 0.6 is 11.3 Å². The number of aryl methyl sites for hydroxylation is 2. The molecule has 112 valence electrons. The number of carbonyl (C=O) groups is 1. The number of hydrogen-bond donors (Lipinski definition) is 3. The molecule has 2 aromatic rings. The summed E-state index contributed by atoms with van der Waals surface area (Å²) in [6.07, 6.45) is 2.30. The Bertz CT molecular complexity index is 662. The third-order valence-corrected chi connectivity index (χ3v) is 4.99. The fourth-order valence-corrected chi connectivity index (χ4v) is 3.61. The molecule has 2 atom stereocenters. The van der Waals surface area contributed by atoms with E-state index in [-0.39, 0.29) is 18.0 Å². The SMILES string of the molecule is Cc1nc(C)c(C(C)NC(=O)C2Cc3nc[nH]c3CN2)s1. The van der Waals surface area contributed by atoms with Crippen LogP contribution in [0.2, 0.25) is 0 Å². The van der Waals surface area contributed by atoms with Crippen LogP contribution in [0.3, 0.4) is 0 Å². The summed E-state index contributed by atoms with van der Waals surface area (Å²) in [4.78, 5) is 25.3. The van der Waals surface area contributed by atoms with Gasteiger partial charge in [0.05, 0.1) is 40.5 Å². The number of fused-ring (bicyclic) bond motifs is 1. The maximum absolute atomic E-state index is 12.4. The van der Waals surface area contributed by atoms with Crippen molar-refractivity contribution in [1.82, 2.24) is 25.6 Å². The Morgan fingerprint density at radius 3 is 3.05 bits per heavy atom. The van der Waals surface area contributed by atoms with E-state index < -0.39 is 0 Å². The summed E-state index contributed by atoms with van der Waals surface area (Å²) < 4.78 is 0. The maximum atomic E-state index is 12.4. The van der Waals surface area contributed by atoms with Crippen LogP contribution in [0.25, 0.3) is 0 Å². The standard InChI is InChI=1S/C14H19N5OS/c1-7-13(21-9(3)18-7)8(2)19-14(20)11-4-10-12(5-15-11)17-6-16-10/h6,8,11,15H,4-5H2,1-3H3,(H,16,17)(H,19,20). The number of hydrogen-bond acceptors (Lipinski definition) is 5. The fourth-order valence-electron chi connectivity index (χ4n) is 2.68. The molecular formula is C14H19N5OS. The van der Waals surface area contributed by atoms with E-state index in [1.165, 1.54) is 0 Å². The normalized spacial score (nSPS) is 19.1. The van der Waals surface area contributed by atoms with Crippen molar-refractivity contribution in [1.29, 1.82) is 0 Å². The highest BCUT2D eigenvalue weighted by molar-refractivity contribution is 7.11. The van der Waals surface area contributed by atoms with Crippen molar-refractivity contribution in [2.45, 2.75) is 45.8 Å². The van der Waals surface area contributed by atoms with E-state index in [0.717, 1.165) is 27.0 Å². The molecule has 0 saturated carbocycles. The molecule has 0 spiro atoms. The van der Waals surface area contributed by atoms with Crippen molar-refractivity contribution in [3.63, 3.8) is 0 Å². The molecule has 2 unspecified atom stereocenters. The molecule has 0 aliphatic carbocycles. The number of aromatic nitrogens is 3. The molecule has 0 fully saturated rings. The molecule has 21 heavy (non-hydrogen) atoms. The first-order chi connectivity index (χ1) is 10.0. The van der Waals surface area contributed by atoms with E-state index >= 15 is 0 Å². The zero-order valence-electron chi connectivity index (χ0n) is 12.4. The molecule has 6 nitrogen and oxygen atoms in total. The van der Waals surface area contributed by atoms with Gasteiger partial charge < -0.3 is 10.3 Å². The minimum Gasteiger partial charge on any atom is -0.347 e. The fraction of sp³-hybridized carbons (Fsp3) is 0.500. The Labute approximate surface area is 127 Å². The molecule has 2 aromatic heterocycles. The Kier molecular flexibility index (Phi) is 3.77. The van der Waals surface area contributed by atoms with E-state index in [4.69, 9.17) is 0 Å². The number of imidazole rings is 1. The second-order valence-corrected chi connectivity index (χ2v) is 6.61. The van der Waals surface area contributed by atoms with Gasteiger partial charge in [-0.05, 0) is 20.8 Å². The van der Waals surface area contributed by atoms with Gasteiger partial charge in [0.15, 0.2) is 0 Å². The number of aromatic amines is 1. The van der Waals surface area contributed by atoms with Crippen LogP contribution in [0.15, 0.2) is 6.33 Å². The first-order valence-electron chi connectivity index (χ1n) is 7.03. The van der Waals surface area contributed by atoms with Crippen molar-refractivity contribution < 1.29 is 4.79 Å². The second-order valence-electron chi connectivity index (χ2n) is 5.38. The van der Waals surface area contributed by atoms with Crippen LogP contribution in [0.4, 0.5) is 0 Å². The second kappa shape index (κ2) is 5.57. The Morgan fingerprint density at radius 2 is 2.33 bits per heavy atom. The Balaban J connectivity index is 1.66. The van der Waals surface area contributed by atoms with Crippen LogP contribution in [-0.2, 0) is 17.8 Å². The number of nitrogens with one attached hydrogen (secondary N) is 3. The lowest BCUT2D eigenvalue weighted by atomic mass is 10.0. The number of carbonyl (C=O) groups excluding carboxylic acids is 1. The van der Waals surface area contributed by atoms with Gasteiger partial charge in [0.25, 0.3) is 0 Å². The van der Waals surface area contributed by atoms with Gasteiger partial charge in [-0.25, -0.2) is 9.97 Å². The smallest absolute Gasteiger partial charge is 0.238 e. The third kappa shape index (κ3) is 2.84. The molecule has 0 saturated heterocycles. The topological polar surface area (TPSA) is 82.7 Å². The summed E-state index contributed by atoms with van der Waals surface area (Å²) in [6.45, 7) is 6.62. The van der Waals surface area contributed by atoms with Gasteiger partial charge in [-0.15, -0.1) is 11.3 Å². The molecule has 0 aromatic carbocycles. The number of nitrogens with zero attached hydrogens (tertiary/aromatic N) is 2. The number of H-pyrrole nitrogens is 1. The van der Waals surface area contributed by atoms with E-state index in [9.17, 15) is 4.79 Å². The van der Waals surface area contributed by atoms with Gasteiger partial charge in [-0.2, -0.15) is 0 Å². The van der Waals surface area contributed by atoms with Crippen LogP contribution in [-0.4, -0.2) is 26.9 Å². The quantitative estimate of drug-likeness (QED) is 0.800. The summed E-state index contributed by atoms with van der Waals surface area (Å²) in [6, 6.07) is -0.247. The number of amides is 1. The van der Waals surface area contributed by atoms with E-state index in [1.807, 2.05) is 20.8 Å². The van der Waals surface area contributed by atoms with Gasteiger partial charge in [0, 0.05) is 17.8 Å². The average molecular weight is 305 g/mol. The third-order valence-electron chi connectivity index (χ3n) is 3.74. The molecule has 1 amide bonds. The van der Waals surface area contributed by atoms with E-state index in [2.05, 4.69) is 25.6 Å². The van der Waals surface area contributed by atoms with Crippen molar-refractivity contribution in [3.8, 4) is 0 Å². The summed E-state index contributed by atoms with van der Waals surface area (Å²) in [7, 11) is 0. The van der Waals surface area contributed by atoms with Crippen LogP contribution in [0.5, 0.6) is 0 Å². The van der Waals surface area contributed by atoms with Crippen LogP contribution < -0.4 is 10.6 Å². The molecular weight excluding hydrogens is 286 g/mol. The number of thiazole rings is 1. The Hall–Kier alpha value is -1.73. The lowest BCUT2D eigenvalue weighted by Crippen LogP contribution is -2.48. The van der Waals surface area contributed by atoms with Gasteiger partial charge >= 0.3 is 0 Å². The molecule has 7 heteroatoms. The lowest BCUT2D eigenvalue weighted by molar-refractivity contribution is -0.124. The van der Waals surface area contributed by atoms with Crippen molar-refractivity contribution in [2.75, 3.05) is 0 Å². The summed E-state index contributed by atoms with van der Waals surface area (Å²) in [5.41, 5.74) is 3.05. The molecule has 0 radical (unpaired) electrons. The Morgan fingerprint density at radius 1 is 1.52 bits per heavy atom. The highest BCUT2D eigenvalue weighted by atomic mass is 32.1. The van der Waals surface area contributed by atoms with Gasteiger partial charge in [-0.1, -0.05) is 0 Å². The van der Waals surface area contributed by atoms with Crippen molar-refractivity contribution >= 4 is 17.2 Å². The highest BCUT2D eigenvalue weighted by Gasteiger charge is 2.27.